The van der Waals surface area contributed by atoms with Gasteiger partial charge in [-0.2, -0.15) is 0 Å². The molecule has 1 fully saturated rings. The van der Waals surface area contributed by atoms with Gasteiger partial charge in [-0.1, -0.05) is 12.8 Å². The number of hydrogen-bond acceptors (Lipinski definition) is 3. The molecule has 2 rings (SSSR count). The standard InChI is InChI=1S/C16H29N3O/c1-14-17-9-12-19(14)11-6-5-10-18(2)13-15-7-3-4-8-16(15)20/h9,12,15-16,20H,3-8,10-11,13H2,1-2H3. The molecule has 0 spiro atoms. The van der Waals surface area contributed by atoms with E-state index in [1.807, 2.05) is 6.20 Å². The zero-order valence-corrected chi connectivity index (χ0v) is 13.0. The Balaban J connectivity index is 1.60. The zero-order valence-electron chi connectivity index (χ0n) is 13.0. The third-order valence-corrected chi connectivity index (χ3v) is 4.53. The molecular weight excluding hydrogens is 250 g/mol. The number of rotatable bonds is 7. The fourth-order valence-electron chi connectivity index (χ4n) is 3.20. The molecule has 0 saturated heterocycles. The van der Waals surface area contributed by atoms with Gasteiger partial charge in [0.05, 0.1) is 6.10 Å². The number of hydrogen-bond donors (Lipinski definition) is 1. The molecule has 0 aliphatic heterocycles. The summed E-state index contributed by atoms with van der Waals surface area (Å²) in [7, 11) is 2.18. The van der Waals surface area contributed by atoms with Gasteiger partial charge in [-0.3, -0.25) is 0 Å². The molecule has 1 aliphatic rings. The van der Waals surface area contributed by atoms with Gasteiger partial charge in [0.25, 0.3) is 0 Å². The lowest BCUT2D eigenvalue weighted by molar-refractivity contribution is 0.0511. The van der Waals surface area contributed by atoms with E-state index in [0.717, 1.165) is 31.9 Å². The summed E-state index contributed by atoms with van der Waals surface area (Å²) in [6.45, 7) is 5.28. The summed E-state index contributed by atoms with van der Waals surface area (Å²) in [4.78, 5) is 6.63. The number of unbranched alkanes of at least 4 members (excludes halogenated alkanes) is 1. The van der Waals surface area contributed by atoms with Gasteiger partial charge in [-0.15, -0.1) is 0 Å². The van der Waals surface area contributed by atoms with Crippen LogP contribution in [0.5, 0.6) is 0 Å². The lowest BCUT2D eigenvalue weighted by atomic mass is 9.86. The van der Waals surface area contributed by atoms with Crippen molar-refractivity contribution in [2.45, 2.75) is 58.1 Å². The highest BCUT2D eigenvalue weighted by Gasteiger charge is 2.23. The molecule has 1 aliphatic carbocycles. The van der Waals surface area contributed by atoms with Crippen LogP contribution in [0.4, 0.5) is 0 Å². The molecule has 4 nitrogen and oxygen atoms in total. The Bertz CT molecular complexity index is 391. The Morgan fingerprint density at radius 2 is 2.15 bits per heavy atom. The second kappa shape index (κ2) is 7.79. The molecule has 114 valence electrons. The molecule has 1 N–H and O–H groups in total. The smallest absolute Gasteiger partial charge is 0.105 e. The predicted molar refractivity (Wildman–Crippen MR) is 81.7 cm³/mol. The van der Waals surface area contributed by atoms with Crippen LogP contribution in [0.1, 0.15) is 44.3 Å². The maximum atomic E-state index is 10.0. The minimum Gasteiger partial charge on any atom is -0.393 e. The van der Waals surface area contributed by atoms with Gasteiger partial charge in [-0.25, -0.2) is 4.98 Å². The van der Waals surface area contributed by atoms with E-state index in [-0.39, 0.29) is 6.10 Å². The Morgan fingerprint density at radius 3 is 2.85 bits per heavy atom. The van der Waals surface area contributed by atoms with E-state index in [2.05, 4.69) is 34.6 Å². The minimum atomic E-state index is -0.0696. The molecule has 0 radical (unpaired) electrons. The highest BCUT2D eigenvalue weighted by Crippen LogP contribution is 2.24. The summed E-state index contributed by atoms with van der Waals surface area (Å²) < 4.78 is 2.21. The van der Waals surface area contributed by atoms with Crippen LogP contribution in [0.25, 0.3) is 0 Å². The van der Waals surface area contributed by atoms with Gasteiger partial charge in [0.1, 0.15) is 5.82 Å². The van der Waals surface area contributed by atoms with Crippen molar-refractivity contribution in [1.29, 1.82) is 0 Å². The summed E-state index contributed by atoms with van der Waals surface area (Å²) in [5.41, 5.74) is 0. The Labute approximate surface area is 122 Å². The molecule has 0 amide bonds. The molecule has 0 bridgehead atoms. The average Bonchev–Trinajstić information content (AvgIpc) is 2.83. The van der Waals surface area contributed by atoms with Crippen molar-refractivity contribution in [2.24, 2.45) is 5.92 Å². The van der Waals surface area contributed by atoms with Gasteiger partial charge in [0.2, 0.25) is 0 Å². The molecule has 2 unspecified atom stereocenters. The SMILES string of the molecule is Cc1nccn1CCCCN(C)CC1CCCCC1O. The number of aliphatic hydroxyl groups is 1. The third-order valence-electron chi connectivity index (χ3n) is 4.53. The maximum Gasteiger partial charge on any atom is 0.105 e. The summed E-state index contributed by atoms with van der Waals surface area (Å²) in [5, 5.41) is 10.0. The Hall–Kier alpha value is -0.870. The molecule has 1 aromatic heterocycles. The van der Waals surface area contributed by atoms with Crippen molar-refractivity contribution < 1.29 is 5.11 Å². The maximum absolute atomic E-state index is 10.0. The summed E-state index contributed by atoms with van der Waals surface area (Å²) >= 11 is 0. The number of aryl methyl sites for hydroxylation is 2. The lowest BCUT2D eigenvalue weighted by Gasteiger charge is -2.31. The van der Waals surface area contributed by atoms with E-state index in [1.165, 1.54) is 32.1 Å². The Morgan fingerprint density at radius 1 is 1.35 bits per heavy atom. The minimum absolute atomic E-state index is 0.0696. The number of aliphatic hydroxyl groups excluding tert-OH is 1. The van der Waals surface area contributed by atoms with Crippen LogP contribution in [0.3, 0.4) is 0 Å². The second-order valence-corrected chi connectivity index (χ2v) is 6.25. The van der Waals surface area contributed by atoms with Crippen molar-refractivity contribution in [1.82, 2.24) is 14.5 Å². The Kier molecular flexibility index (Phi) is 6.05. The van der Waals surface area contributed by atoms with Gasteiger partial charge < -0.3 is 14.6 Å². The highest BCUT2D eigenvalue weighted by atomic mass is 16.3. The van der Waals surface area contributed by atoms with E-state index < -0.39 is 0 Å². The van der Waals surface area contributed by atoms with Crippen molar-refractivity contribution in [3.05, 3.63) is 18.2 Å². The monoisotopic (exact) mass is 279 g/mol. The molecule has 2 atom stereocenters. The molecule has 1 saturated carbocycles. The largest absolute Gasteiger partial charge is 0.393 e. The zero-order chi connectivity index (χ0) is 14.4. The summed E-state index contributed by atoms with van der Waals surface area (Å²) in [6, 6.07) is 0. The van der Waals surface area contributed by atoms with Gasteiger partial charge in [0.15, 0.2) is 0 Å². The first-order valence-corrected chi connectivity index (χ1v) is 8.01. The fraction of sp³-hybridized carbons (Fsp3) is 0.812. The van der Waals surface area contributed by atoms with Crippen LogP contribution in [0.2, 0.25) is 0 Å². The highest BCUT2D eigenvalue weighted by molar-refractivity contribution is 4.88. The van der Waals surface area contributed by atoms with Crippen LogP contribution >= 0.6 is 0 Å². The second-order valence-electron chi connectivity index (χ2n) is 6.25. The van der Waals surface area contributed by atoms with Crippen LogP contribution in [0.15, 0.2) is 12.4 Å². The first kappa shape index (κ1) is 15.5. The molecule has 20 heavy (non-hydrogen) atoms. The predicted octanol–water partition coefficient (Wildman–Crippen LogP) is 2.45. The van der Waals surface area contributed by atoms with E-state index in [4.69, 9.17) is 0 Å². The first-order valence-electron chi connectivity index (χ1n) is 8.01. The number of aromatic nitrogens is 2. The average molecular weight is 279 g/mol. The molecular formula is C16H29N3O. The van der Waals surface area contributed by atoms with E-state index >= 15 is 0 Å². The van der Waals surface area contributed by atoms with Gasteiger partial charge in [-0.05, 0) is 52.1 Å². The number of nitrogens with zero attached hydrogens (tertiary/aromatic N) is 3. The molecule has 1 heterocycles. The van der Waals surface area contributed by atoms with Crippen LogP contribution in [-0.4, -0.2) is 45.8 Å². The van der Waals surface area contributed by atoms with Crippen LogP contribution < -0.4 is 0 Å². The van der Waals surface area contributed by atoms with Gasteiger partial charge >= 0.3 is 0 Å². The van der Waals surface area contributed by atoms with E-state index in [9.17, 15) is 5.11 Å². The topological polar surface area (TPSA) is 41.3 Å². The lowest BCUT2D eigenvalue weighted by Crippen LogP contribution is -2.35. The van der Waals surface area contributed by atoms with Crippen molar-refractivity contribution >= 4 is 0 Å². The van der Waals surface area contributed by atoms with Gasteiger partial charge in [0, 0.05) is 25.5 Å². The van der Waals surface area contributed by atoms with Crippen molar-refractivity contribution in [2.75, 3.05) is 20.1 Å². The molecule has 0 aromatic carbocycles. The normalized spacial score (nSPS) is 23.4. The van der Waals surface area contributed by atoms with Crippen LogP contribution in [-0.2, 0) is 6.54 Å². The van der Waals surface area contributed by atoms with Crippen molar-refractivity contribution in [3.63, 3.8) is 0 Å². The number of imidazole rings is 1. The summed E-state index contributed by atoms with van der Waals surface area (Å²) in [6.07, 6.45) is 10.9. The fourth-order valence-corrected chi connectivity index (χ4v) is 3.20. The quantitative estimate of drug-likeness (QED) is 0.780. The van der Waals surface area contributed by atoms with Crippen LogP contribution in [0, 0.1) is 12.8 Å². The molecule has 4 heteroatoms. The third kappa shape index (κ3) is 4.60. The summed E-state index contributed by atoms with van der Waals surface area (Å²) in [5.74, 6) is 1.59. The van der Waals surface area contributed by atoms with Crippen molar-refractivity contribution in [3.8, 4) is 0 Å². The van der Waals surface area contributed by atoms with E-state index in [1.54, 1.807) is 0 Å². The first-order chi connectivity index (χ1) is 9.66. The molecule has 1 aromatic rings. The van der Waals surface area contributed by atoms with E-state index in [0.29, 0.717) is 5.92 Å².